The summed E-state index contributed by atoms with van der Waals surface area (Å²) < 4.78 is 14.0. The highest BCUT2D eigenvalue weighted by Gasteiger charge is 2.26. The van der Waals surface area contributed by atoms with E-state index in [1.54, 1.807) is 0 Å². The van der Waals surface area contributed by atoms with Gasteiger partial charge in [0.15, 0.2) is 0 Å². The zero-order valence-corrected chi connectivity index (χ0v) is 20.4. The number of rotatable bonds is 12. The van der Waals surface area contributed by atoms with Gasteiger partial charge in [-0.3, -0.25) is 0 Å². The zero-order valence-electron chi connectivity index (χ0n) is 18.0. The van der Waals surface area contributed by atoms with Crippen molar-refractivity contribution in [3.8, 4) is 0 Å². The molecule has 0 saturated heterocycles. The summed E-state index contributed by atoms with van der Waals surface area (Å²) in [4.78, 5) is 0. The number of hydrogen-bond donors (Lipinski definition) is 0. The highest BCUT2D eigenvalue weighted by molar-refractivity contribution is 7.78. The highest BCUT2D eigenvalue weighted by Crippen LogP contribution is 2.44. The Labute approximate surface area is 197 Å². The third-order valence-electron chi connectivity index (χ3n) is 5.81. The molecule has 3 rings (SSSR count). The van der Waals surface area contributed by atoms with Crippen molar-refractivity contribution in [3.05, 3.63) is 94.5 Å². The Morgan fingerprint density at radius 3 is 1.52 bits per heavy atom. The maximum atomic E-state index is 14.0. The molecule has 0 fully saturated rings. The van der Waals surface area contributed by atoms with Crippen LogP contribution in [0.15, 0.2) is 78.9 Å². The first kappa shape index (κ1) is 24.1. The van der Waals surface area contributed by atoms with Crippen molar-refractivity contribution in [1.82, 2.24) is 0 Å². The average Bonchev–Trinajstić information content (AvgIpc) is 2.80. The van der Waals surface area contributed by atoms with Gasteiger partial charge in [0.1, 0.15) is 7.14 Å². The lowest BCUT2D eigenvalue weighted by atomic mass is 10.0. The number of unbranched alkanes of at least 4 members (excludes halogenated alkanes) is 6. The third-order valence-corrected chi connectivity index (χ3v) is 9.73. The molecule has 1 nitrogen and oxygen atoms in total. The van der Waals surface area contributed by atoms with Crippen molar-refractivity contribution in [2.24, 2.45) is 0 Å². The van der Waals surface area contributed by atoms with Crippen molar-refractivity contribution >= 4 is 41.0 Å². The smallest absolute Gasteiger partial charge is 0.143 e. The Balaban J connectivity index is 1.39. The Morgan fingerprint density at radius 1 is 0.548 bits per heavy atom. The molecular weight excluding hydrogens is 442 g/mol. The molecule has 0 aromatic heterocycles. The van der Waals surface area contributed by atoms with Crippen molar-refractivity contribution in [1.29, 1.82) is 0 Å². The third kappa shape index (κ3) is 6.98. The van der Waals surface area contributed by atoms with E-state index in [0.717, 1.165) is 58.1 Å². The average molecular weight is 473 g/mol. The predicted molar refractivity (Wildman–Crippen MR) is 137 cm³/mol. The number of halogens is 2. The van der Waals surface area contributed by atoms with Gasteiger partial charge in [-0.2, -0.15) is 0 Å². The van der Waals surface area contributed by atoms with E-state index < -0.39 is 7.14 Å². The Bertz CT molecular complexity index is 909. The minimum atomic E-state index is -2.56. The summed E-state index contributed by atoms with van der Waals surface area (Å²) in [7, 11) is -2.56. The first-order chi connectivity index (χ1) is 15.1. The number of benzene rings is 3. The van der Waals surface area contributed by atoms with Crippen LogP contribution < -0.4 is 10.6 Å². The van der Waals surface area contributed by atoms with E-state index in [1.165, 1.54) is 25.7 Å². The molecule has 4 heteroatoms. The van der Waals surface area contributed by atoms with Gasteiger partial charge in [-0.15, -0.1) is 0 Å². The zero-order chi connectivity index (χ0) is 21.9. The van der Waals surface area contributed by atoms with Crippen LogP contribution in [0.3, 0.4) is 0 Å². The van der Waals surface area contributed by atoms with Crippen LogP contribution in [0.2, 0.25) is 10.0 Å². The van der Waals surface area contributed by atoms with Crippen molar-refractivity contribution in [2.45, 2.75) is 51.4 Å². The molecule has 0 saturated carbocycles. The molecule has 3 aromatic rings. The normalized spacial score (nSPS) is 11.5. The molecule has 0 aliphatic heterocycles. The Morgan fingerprint density at radius 2 is 1.00 bits per heavy atom. The van der Waals surface area contributed by atoms with Gasteiger partial charge in [0.2, 0.25) is 0 Å². The van der Waals surface area contributed by atoms with Crippen LogP contribution in [0.25, 0.3) is 0 Å². The molecule has 3 aromatic carbocycles. The molecule has 0 amide bonds. The molecule has 0 atom stereocenters. The fourth-order valence-corrected chi connectivity index (χ4v) is 7.41. The largest absolute Gasteiger partial charge is 0.314 e. The molecule has 0 heterocycles. The van der Waals surface area contributed by atoms with Crippen molar-refractivity contribution < 1.29 is 4.57 Å². The molecule has 0 radical (unpaired) electrons. The van der Waals surface area contributed by atoms with Gasteiger partial charge in [0.25, 0.3) is 0 Å². The van der Waals surface area contributed by atoms with Gasteiger partial charge in [0.05, 0.1) is 0 Å². The van der Waals surface area contributed by atoms with Crippen LogP contribution in [0.4, 0.5) is 0 Å². The topological polar surface area (TPSA) is 17.1 Å². The second kappa shape index (κ2) is 12.5. The van der Waals surface area contributed by atoms with Gasteiger partial charge < -0.3 is 4.57 Å². The summed E-state index contributed by atoms with van der Waals surface area (Å²) in [6.07, 6.45) is 9.73. The molecule has 31 heavy (non-hydrogen) atoms. The van der Waals surface area contributed by atoms with Gasteiger partial charge in [-0.1, -0.05) is 122 Å². The monoisotopic (exact) mass is 472 g/mol. The summed E-state index contributed by atoms with van der Waals surface area (Å²) >= 11 is 12.5. The van der Waals surface area contributed by atoms with Gasteiger partial charge >= 0.3 is 0 Å². The molecule has 0 aliphatic rings. The Kier molecular flexibility index (Phi) is 9.72. The summed E-state index contributed by atoms with van der Waals surface area (Å²) in [6, 6.07) is 25.7. The minimum absolute atomic E-state index is 0.742. The second-order valence-electron chi connectivity index (χ2n) is 8.06. The summed E-state index contributed by atoms with van der Waals surface area (Å²) in [5.41, 5.74) is 1.07. The van der Waals surface area contributed by atoms with E-state index in [-0.39, 0.29) is 0 Å². The standard InChI is InChI=1S/C27H31Cl2OP/c28-26-20-14-21-27(29)25(26)19-12-4-2-1-3-5-13-22-31(30,23-15-8-6-9-16-23)24-17-10-7-11-18-24/h6-11,14-18,20-21H,1-5,12-13,19,22H2. The molecule has 0 bridgehead atoms. The lowest BCUT2D eigenvalue weighted by Crippen LogP contribution is -2.18. The molecule has 0 aliphatic carbocycles. The van der Waals surface area contributed by atoms with Gasteiger partial charge in [0, 0.05) is 26.8 Å². The van der Waals surface area contributed by atoms with Crippen LogP contribution in [-0.4, -0.2) is 6.16 Å². The molecule has 0 unspecified atom stereocenters. The number of hydrogen-bond acceptors (Lipinski definition) is 1. The van der Waals surface area contributed by atoms with E-state index in [4.69, 9.17) is 23.2 Å². The van der Waals surface area contributed by atoms with Crippen LogP contribution >= 0.6 is 30.3 Å². The van der Waals surface area contributed by atoms with Gasteiger partial charge in [-0.25, -0.2) is 0 Å². The second-order valence-corrected chi connectivity index (χ2v) is 11.8. The molecule has 164 valence electrons. The lowest BCUT2D eigenvalue weighted by molar-refractivity contribution is 0.574. The molecule has 0 N–H and O–H groups in total. The van der Waals surface area contributed by atoms with Crippen LogP contribution in [0, 0.1) is 0 Å². The van der Waals surface area contributed by atoms with Crippen molar-refractivity contribution in [2.75, 3.05) is 6.16 Å². The van der Waals surface area contributed by atoms with E-state index >= 15 is 0 Å². The highest BCUT2D eigenvalue weighted by atomic mass is 35.5. The lowest BCUT2D eigenvalue weighted by Gasteiger charge is -2.19. The fraction of sp³-hybridized carbons (Fsp3) is 0.333. The minimum Gasteiger partial charge on any atom is -0.314 e. The SMILES string of the molecule is O=P(CCCCCCCCCc1c(Cl)cccc1Cl)(c1ccccc1)c1ccccc1. The quantitative estimate of drug-likeness (QED) is 0.191. The summed E-state index contributed by atoms with van der Waals surface area (Å²) in [6.45, 7) is 0. The van der Waals surface area contributed by atoms with Crippen molar-refractivity contribution in [3.63, 3.8) is 0 Å². The van der Waals surface area contributed by atoms with E-state index in [1.807, 2.05) is 78.9 Å². The molecular formula is C27H31Cl2OP. The van der Waals surface area contributed by atoms with Crippen LogP contribution in [0.1, 0.15) is 50.5 Å². The Hall–Kier alpha value is -1.53. The van der Waals surface area contributed by atoms with Crippen LogP contribution in [-0.2, 0) is 11.0 Å². The first-order valence-electron chi connectivity index (χ1n) is 11.2. The summed E-state index contributed by atoms with van der Waals surface area (Å²) in [5.74, 6) is 0. The fourth-order valence-electron chi connectivity index (χ4n) is 4.04. The van der Waals surface area contributed by atoms with Gasteiger partial charge in [-0.05, 0) is 37.0 Å². The maximum Gasteiger partial charge on any atom is 0.143 e. The maximum absolute atomic E-state index is 14.0. The predicted octanol–water partition coefficient (Wildman–Crippen LogP) is 8.28. The van der Waals surface area contributed by atoms with Crippen LogP contribution in [0.5, 0.6) is 0 Å². The molecule has 0 spiro atoms. The van der Waals surface area contributed by atoms with E-state index in [2.05, 4.69) is 0 Å². The summed E-state index contributed by atoms with van der Waals surface area (Å²) in [5, 5.41) is 3.49. The van der Waals surface area contributed by atoms with E-state index in [9.17, 15) is 4.57 Å². The first-order valence-corrected chi connectivity index (χ1v) is 13.9. The van der Waals surface area contributed by atoms with E-state index in [0.29, 0.717) is 0 Å².